The Balaban J connectivity index is 1.26. The van der Waals surface area contributed by atoms with Gasteiger partial charge in [0, 0.05) is 73.8 Å². The van der Waals surface area contributed by atoms with Crippen molar-refractivity contribution in [2.75, 3.05) is 68.5 Å². The molecule has 14 atom stereocenters. The Morgan fingerprint density at radius 3 is 1.74 bits per heavy atom. The van der Waals surface area contributed by atoms with Gasteiger partial charge in [-0.1, -0.05) is 79.1 Å². The van der Waals surface area contributed by atoms with Gasteiger partial charge in [-0.25, -0.2) is 0 Å². The van der Waals surface area contributed by atoms with Crippen LogP contribution in [0.1, 0.15) is 190 Å². The molecule has 0 aromatic rings. The van der Waals surface area contributed by atoms with E-state index in [0.29, 0.717) is 51.6 Å². The normalized spacial score (nSPS) is 32.2. The van der Waals surface area contributed by atoms with Gasteiger partial charge in [0.2, 0.25) is 70.9 Å². The number of hydrogen-bond donors (Lipinski definition) is 3. The number of rotatable bonds is 9. The van der Waals surface area contributed by atoms with E-state index >= 15 is 24.0 Å². The number of nitrogens with one attached hydrogen (secondary N) is 3. The fourth-order valence-corrected chi connectivity index (χ4v) is 16.3. The number of likely N-dealkylation sites (tertiary alicyclic amines) is 1. The largest absolute Gasteiger partial charge is 0.393 e. The highest BCUT2D eigenvalue weighted by atomic mass is 35.5. The van der Waals surface area contributed by atoms with Gasteiger partial charge < -0.3 is 60.0 Å². The van der Waals surface area contributed by atoms with Crippen molar-refractivity contribution in [2.45, 2.75) is 267 Å². The molecule has 0 bridgehead atoms. The van der Waals surface area contributed by atoms with Crippen molar-refractivity contribution in [1.82, 2.24) is 60.0 Å². The Hall–Kier alpha value is -6.28. The van der Waals surface area contributed by atoms with Gasteiger partial charge in [0.15, 0.2) is 0 Å². The maximum absolute atomic E-state index is 15.4. The summed E-state index contributed by atoms with van der Waals surface area (Å²) < 4.78 is 42.0. The molecule has 28 heteroatoms. The van der Waals surface area contributed by atoms with Gasteiger partial charge in [-0.05, 0) is 128 Å². The van der Waals surface area contributed by atoms with E-state index in [1.165, 1.54) is 97.4 Å². The third-order valence-corrected chi connectivity index (χ3v) is 23.5. The quantitative estimate of drug-likeness (QED) is 0.256. The van der Waals surface area contributed by atoms with Gasteiger partial charge in [-0.3, -0.25) is 57.5 Å². The molecule has 4 aliphatic heterocycles. The second kappa shape index (κ2) is 33.3. The first-order chi connectivity index (χ1) is 45.6. The number of carbonyl (C=O) groups is 12. The van der Waals surface area contributed by atoms with E-state index in [9.17, 15) is 46.7 Å². The number of hydrogen-bond acceptors (Lipinski definition) is 12. The first kappa shape index (κ1) is 78.1. The topological polar surface area (TPSA) is 270 Å². The van der Waals surface area contributed by atoms with Gasteiger partial charge in [-0.2, -0.15) is 13.2 Å². The lowest BCUT2D eigenvalue weighted by Crippen LogP contribution is -2.65. The highest BCUT2D eigenvalue weighted by Crippen LogP contribution is 2.44. The molecule has 3 unspecified atom stereocenters. The molecular weight excluding hydrogens is 1280 g/mol. The first-order valence-corrected chi connectivity index (χ1v) is 36.1. The summed E-state index contributed by atoms with van der Waals surface area (Å²) >= 11 is 6.41. The molecule has 3 aliphatic carbocycles. The third kappa shape index (κ3) is 17.7. The number of likely N-dealkylation sites (N-methyl/N-ethyl adjacent to an activating group) is 6. The molecule has 12 amide bonds. The minimum absolute atomic E-state index is 0.00214. The lowest BCUT2D eigenvalue weighted by molar-refractivity contribution is -0.182. The molecule has 0 aromatic heterocycles. The highest BCUT2D eigenvalue weighted by Gasteiger charge is 2.52. The molecule has 0 aromatic carbocycles. The van der Waals surface area contributed by atoms with Crippen LogP contribution in [0.2, 0.25) is 0 Å². The van der Waals surface area contributed by atoms with Crippen LogP contribution >= 0.6 is 11.6 Å². The molecule has 97 heavy (non-hydrogen) atoms. The Kier molecular flexibility index (Phi) is 26.8. The second-order valence-electron chi connectivity index (χ2n) is 29.6. The summed E-state index contributed by atoms with van der Waals surface area (Å²) in [6.45, 7) is 12.5. The van der Waals surface area contributed by atoms with Crippen molar-refractivity contribution in [1.29, 1.82) is 0 Å². The summed E-state index contributed by atoms with van der Waals surface area (Å²) in [5.74, 6) is -10.7. The van der Waals surface area contributed by atoms with Crippen LogP contribution in [0, 0.1) is 29.6 Å². The number of halogens is 4. The molecule has 7 aliphatic rings. The van der Waals surface area contributed by atoms with Crippen LogP contribution in [0.3, 0.4) is 0 Å². The Bertz CT molecular complexity index is 2890. The zero-order valence-electron chi connectivity index (χ0n) is 59.6. The minimum atomic E-state index is -4.51. The van der Waals surface area contributed by atoms with Crippen LogP contribution in [-0.4, -0.2) is 261 Å². The maximum atomic E-state index is 15.4. The minimum Gasteiger partial charge on any atom is -0.343 e. The molecular formula is C69H110ClF3N12O12. The molecule has 1 spiro atoms. The number of carbonyl (C=O) groups excluding carboxylic acids is 12. The van der Waals surface area contributed by atoms with Crippen LogP contribution in [0.25, 0.3) is 0 Å². The van der Waals surface area contributed by atoms with Crippen LogP contribution in [0.5, 0.6) is 0 Å². The van der Waals surface area contributed by atoms with Crippen molar-refractivity contribution >= 4 is 82.5 Å². The van der Waals surface area contributed by atoms with E-state index in [4.69, 9.17) is 11.6 Å². The van der Waals surface area contributed by atoms with Crippen molar-refractivity contribution < 1.29 is 70.7 Å². The molecule has 7 fully saturated rings. The fourth-order valence-electron chi connectivity index (χ4n) is 15.8. The third-order valence-electron chi connectivity index (χ3n) is 23.0. The molecule has 7 rings (SSSR count). The summed E-state index contributed by atoms with van der Waals surface area (Å²) in [7, 11) is 8.57. The molecule has 3 N–H and O–H groups in total. The van der Waals surface area contributed by atoms with Gasteiger partial charge in [0.1, 0.15) is 66.0 Å². The van der Waals surface area contributed by atoms with Gasteiger partial charge in [-0.15, -0.1) is 11.6 Å². The van der Waals surface area contributed by atoms with Gasteiger partial charge in [0.05, 0.1) is 12.3 Å². The molecule has 546 valence electrons. The zero-order chi connectivity index (χ0) is 71.9. The van der Waals surface area contributed by atoms with Crippen molar-refractivity contribution in [3.63, 3.8) is 0 Å². The monoisotopic (exact) mass is 1390 g/mol. The van der Waals surface area contributed by atoms with Crippen LogP contribution in [0.4, 0.5) is 13.2 Å². The zero-order valence-corrected chi connectivity index (χ0v) is 60.3. The standard InChI is InChI=1S/C69H110ClF3N12O12/c1-14-41(4)55-65(95)79(10)44(7)60(90)85-36-30-51(85)62(92)80(11)52(38-45-23-16-15-17-24-45)63(93)78(9)43(6)57(87)74-49(29-27-46-26-28-47(48(70)37-46)69(71,72)73)61(91)84-35-22-25-50(84)59(89)76-68(31-18-19-32-68)67(97)82(13)56(40(2)3)66(96)81(12)53(64(94)83-33-20-21-34-83)39-54(86)77(8)42(5)58(88)75-55/h40-53,55-56H,14-39H2,1-13H3,(H,74,87)(H,75,88)(H,76,89)/t41-,42-,43+,44-,46?,47?,48?,49-,50-,51-,52-,53-,55-,56-/m0/s1. The lowest BCUT2D eigenvalue weighted by Gasteiger charge is -2.45. The second-order valence-corrected chi connectivity index (χ2v) is 30.2. The van der Waals surface area contributed by atoms with Gasteiger partial charge in [0.25, 0.3) is 0 Å². The summed E-state index contributed by atoms with van der Waals surface area (Å²) in [5.41, 5.74) is -1.56. The number of amides is 12. The number of fused-ring (bicyclic) bond motifs is 2. The summed E-state index contributed by atoms with van der Waals surface area (Å²) in [6.07, 6.45) is 3.52. The molecule has 24 nitrogen and oxygen atoms in total. The van der Waals surface area contributed by atoms with Gasteiger partial charge >= 0.3 is 6.18 Å². The average Bonchev–Trinajstić information content (AvgIpc) is 1.76. The maximum Gasteiger partial charge on any atom is 0.393 e. The fraction of sp³-hybridized carbons (Fsp3) is 0.826. The Morgan fingerprint density at radius 1 is 0.567 bits per heavy atom. The molecule has 3 saturated carbocycles. The van der Waals surface area contributed by atoms with Crippen LogP contribution in [-0.2, 0) is 57.5 Å². The van der Waals surface area contributed by atoms with Crippen LogP contribution in [0.15, 0.2) is 0 Å². The number of nitrogens with zero attached hydrogens (tertiary/aromatic N) is 9. The molecule has 4 heterocycles. The van der Waals surface area contributed by atoms with Crippen molar-refractivity contribution in [3.8, 4) is 0 Å². The Morgan fingerprint density at radius 2 is 1.16 bits per heavy atom. The van der Waals surface area contributed by atoms with Crippen LogP contribution < -0.4 is 16.0 Å². The van der Waals surface area contributed by atoms with Crippen molar-refractivity contribution in [3.05, 3.63) is 0 Å². The molecule has 0 radical (unpaired) electrons. The molecule has 4 saturated heterocycles. The number of alkyl halides is 4. The predicted molar refractivity (Wildman–Crippen MR) is 356 cm³/mol. The highest BCUT2D eigenvalue weighted by molar-refractivity contribution is 6.21. The summed E-state index contributed by atoms with van der Waals surface area (Å²) in [5, 5.41) is 7.53. The average molecular weight is 1390 g/mol. The Labute approximate surface area is 576 Å². The van der Waals surface area contributed by atoms with E-state index in [-0.39, 0.29) is 89.1 Å². The lowest BCUT2D eigenvalue weighted by atomic mass is 9.78. The van der Waals surface area contributed by atoms with E-state index in [0.717, 1.165) is 37.0 Å². The predicted octanol–water partition coefficient (Wildman–Crippen LogP) is 5.06. The SMILES string of the molecule is CC[C@H](C)[C@@H]1NC(=O)[C@H](C)N(C)C(=O)C[C@@H](C(=O)N2CCCC2)N(C)C(=O)[C@H](C(C)C)N(C)C(=O)C2(CCCC2)NC(=O)[C@@H]2CCCN2C(=O)[C@H](CCC2CCC(C(F)(F)F)C(Cl)C2)NC(=O)[C@@H](C)N(C)C(=O)[C@H](CC2CCCCC2)N(C)C(=O)[C@@H]2CCN2C(=O)[C@H](C)N(C)C1=O. The summed E-state index contributed by atoms with van der Waals surface area (Å²) in [4.78, 5) is 190. The smallest absolute Gasteiger partial charge is 0.343 e. The first-order valence-electron chi connectivity index (χ1n) is 35.7. The summed E-state index contributed by atoms with van der Waals surface area (Å²) in [6, 6.07) is -12.1. The van der Waals surface area contributed by atoms with E-state index in [2.05, 4.69) is 16.0 Å². The van der Waals surface area contributed by atoms with E-state index < -0.39 is 173 Å². The van der Waals surface area contributed by atoms with Crippen molar-refractivity contribution in [2.24, 2.45) is 29.6 Å². The van der Waals surface area contributed by atoms with E-state index in [1.807, 2.05) is 6.92 Å². The van der Waals surface area contributed by atoms with E-state index in [1.54, 1.807) is 25.7 Å².